The maximum atomic E-state index is 11.9. The fourth-order valence-electron chi connectivity index (χ4n) is 2.14. The number of nitrogens with zero attached hydrogens (tertiary/aromatic N) is 1. The second kappa shape index (κ2) is 8.33. The van der Waals surface area contributed by atoms with Crippen molar-refractivity contribution in [2.45, 2.75) is 12.3 Å². The maximum absolute atomic E-state index is 11.9. The molecule has 0 amide bonds. The number of carbonyl (C=O) groups is 2. The van der Waals surface area contributed by atoms with Crippen LogP contribution in [0.3, 0.4) is 0 Å². The summed E-state index contributed by atoms with van der Waals surface area (Å²) in [5, 5.41) is 11.4. The number of methoxy groups -OCH3 is 2. The molecule has 7 nitrogen and oxygen atoms in total. The van der Waals surface area contributed by atoms with Gasteiger partial charge in [0.05, 0.1) is 32.5 Å². The Hall–Kier alpha value is -2.15. The maximum Gasteiger partial charge on any atom is 0.310 e. The van der Waals surface area contributed by atoms with Gasteiger partial charge in [-0.05, 0) is 17.7 Å². The molecule has 0 aliphatic rings. The summed E-state index contributed by atoms with van der Waals surface area (Å²) in [4.78, 5) is 33.8. The van der Waals surface area contributed by atoms with Crippen LogP contribution < -0.4 is 0 Å². The van der Waals surface area contributed by atoms with Gasteiger partial charge in [0.15, 0.2) is 0 Å². The van der Waals surface area contributed by atoms with Crippen molar-refractivity contribution in [3.8, 4) is 0 Å². The first-order valence-electron chi connectivity index (χ1n) is 6.41. The fourth-order valence-corrected chi connectivity index (χ4v) is 2.27. The largest absolute Gasteiger partial charge is 0.469 e. The van der Waals surface area contributed by atoms with Crippen LogP contribution in [0, 0.1) is 16.0 Å². The number of hydrogen-bond acceptors (Lipinski definition) is 6. The molecule has 0 aliphatic heterocycles. The Labute approximate surface area is 132 Å². The monoisotopic (exact) mass is 329 g/mol. The lowest BCUT2D eigenvalue weighted by molar-refractivity contribution is -0.484. The van der Waals surface area contributed by atoms with Crippen LogP contribution in [-0.2, 0) is 19.1 Å². The van der Waals surface area contributed by atoms with Crippen LogP contribution in [-0.4, -0.2) is 37.6 Å². The average Bonchev–Trinajstić information content (AvgIpc) is 2.50. The van der Waals surface area contributed by atoms with Crippen LogP contribution >= 0.6 is 11.6 Å². The predicted octanol–water partition coefficient (Wildman–Crippen LogP) is 2.05. The van der Waals surface area contributed by atoms with Gasteiger partial charge in [0.1, 0.15) is 0 Å². The molecule has 0 aromatic heterocycles. The minimum atomic E-state index is -1.01. The number of ether oxygens (including phenoxy) is 2. The minimum Gasteiger partial charge on any atom is -0.469 e. The molecule has 1 aromatic rings. The molecule has 22 heavy (non-hydrogen) atoms. The molecule has 0 radical (unpaired) electrons. The third kappa shape index (κ3) is 5.00. The number of benzene rings is 1. The molecule has 0 N–H and O–H groups in total. The summed E-state index contributed by atoms with van der Waals surface area (Å²) in [6.45, 7) is -0.515. The highest BCUT2D eigenvalue weighted by Gasteiger charge is 2.36. The summed E-state index contributed by atoms with van der Waals surface area (Å²) in [5.74, 6) is -3.17. The normalized spacial score (nSPS) is 13.0. The van der Waals surface area contributed by atoms with E-state index in [0.717, 1.165) is 7.11 Å². The Morgan fingerprint density at radius 1 is 1.23 bits per heavy atom. The molecule has 0 spiro atoms. The van der Waals surface area contributed by atoms with Gasteiger partial charge < -0.3 is 9.47 Å². The lowest BCUT2D eigenvalue weighted by Gasteiger charge is -2.21. The van der Waals surface area contributed by atoms with Gasteiger partial charge in [-0.1, -0.05) is 23.7 Å². The van der Waals surface area contributed by atoms with E-state index < -0.39 is 35.2 Å². The van der Waals surface area contributed by atoms with Gasteiger partial charge in [0.25, 0.3) is 0 Å². The highest BCUT2D eigenvalue weighted by atomic mass is 35.5. The smallest absolute Gasteiger partial charge is 0.310 e. The quantitative estimate of drug-likeness (QED) is 0.431. The number of carbonyl (C=O) groups excluding carboxylic acids is 2. The molecule has 0 saturated heterocycles. The van der Waals surface area contributed by atoms with E-state index in [-0.39, 0.29) is 6.42 Å². The highest BCUT2D eigenvalue weighted by molar-refractivity contribution is 6.30. The second-order valence-electron chi connectivity index (χ2n) is 4.58. The third-order valence-corrected chi connectivity index (χ3v) is 3.50. The summed E-state index contributed by atoms with van der Waals surface area (Å²) in [6, 6.07) is 6.31. The SMILES string of the molecule is COC(=O)CC(C(=O)OC)C(C[N+](=O)[O-])c1ccc(Cl)cc1. The van der Waals surface area contributed by atoms with Crippen LogP contribution in [0.2, 0.25) is 5.02 Å². The Morgan fingerprint density at radius 2 is 1.82 bits per heavy atom. The average molecular weight is 330 g/mol. The first-order chi connectivity index (χ1) is 10.4. The fraction of sp³-hybridized carbons (Fsp3) is 0.429. The summed E-state index contributed by atoms with van der Waals surface area (Å²) in [6.07, 6.45) is -0.301. The number of halogens is 1. The number of rotatable bonds is 7. The summed E-state index contributed by atoms with van der Waals surface area (Å²) >= 11 is 5.80. The van der Waals surface area contributed by atoms with Crippen LogP contribution in [0.25, 0.3) is 0 Å². The third-order valence-electron chi connectivity index (χ3n) is 3.25. The lowest BCUT2D eigenvalue weighted by Crippen LogP contribution is -2.31. The van der Waals surface area contributed by atoms with Gasteiger partial charge in [0.2, 0.25) is 6.54 Å². The van der Waals surface area contributed by atoms with Crippen molar-refractivity contribution in [3.63, 3.8) is 0 Å². The molecule has 2 atom stereocenters. The number of nitro groups is 1. The van der Waals surface area contributed by atoms with Crippen LogP contribution in [0.1, 0.15) is 17.9 Å². The van der Waals surface area contributed by atoms with Crippen molar-refractivity contribution in [3.05, 3.63) is 45.0 Å². The van der Waals surface area contributed by atoms with Gasteiger partial charge in [-0.2, -0.15) is 0 Å². The van der Waals surface area contributed by atoms with Crippen LogP contribution in [0.15, 0.2) is 24.3 Å². The van der Waals surface area contributed by atoms with Crippen molar-refractivity contribution in [2.75, 3.05) is 20.8 Å². The molecular formula is C14H16ClNO6. The molecule has 0 saturated carbocycles. The molecule has 0 fully saturated rings. The van der Waals surface area contributed by atoms with Crippen LogP contribution in [0.4, 0.5) is 0 Å². The predicted molar refractivity (Wildman–Crippen MR) is 78.2 cm³/mol. The van der Waals surface area contributed by atoms with Crippen molar-refractivity contribution in [1.82, 2.24) is 0 Å². The van der Waals surface area contributed by atoms with Crippen molar-refractivity contribution < 1.29 is 24.0 Å². The molecule has 0 heterocycles. The molecule has 1 aromatic carbocycles. The van der Waals surface area contributed by atoms with Gasteiger partial charge in [-0.25, -0.2) is 0 Å². The Morgan fingerprint density at radius 3 is 2.27 bits per heavy atom. The second-order valence-corrected chi connectivity index (χ2v) is 5.02. The summed E-state index contributed by atoms with van der Waals surface area (Å²) in [7, 11) is 2.35. The number of esters is 2. The Bertz CT molecular complexity index is 545. The van der Waals surface area contributed by atoms with Gasteiger partial charge in [0, 0.05) is 9.95 Å². The first kappa shape index (κ1) is 17.9. The van der Waals surface area contributed by atoms with Crippen molar-refractivity contribution >= 4 is 23.5 Å². The zero-order valence-electron chi connectivity index (χ0n) is 12.2. The molecule has 1 rings (SSSR count). The van der Waals surface area contributed by atoms with Crippen molar-refractivity contribution in [2.24, 2.45) is 5.92 Å². The molecule has 2 unspecified atom stereocenters. The van der Waals surface area contributed by atoms with Gasteiger partial charge in [-0.3, -0.25) is 19.7 Å². The van der Waals surface area contributed by atoms with E-state index >= 15 is 0 Å². The lowest BCUT2D eigenvalue weighted by atomic mass is 9.84. The van der Waals surface area contributed by atoms with E-state index in [1.54, 1.807) is 24.3 Å². The molecular weight excluding hydrogens is 314 g/mol. The van der Waals surface area contributed by atoms with Crippen molar-refractivity contribution in [1.29, 1.82) is 0 Å². The standard InChI is InChI=1S/C14H16ClNO6/c1-21-13(17)7-11(14(18)22-2)12(8-16(19)20)9-3-5-10(15)6-4-9/h3-6,11-12H,7-8H2,1-2H3. The van der Waals surface area contributed by atoms with Gasteiger partial charge in [-0.15, -0.1) is 0 Å². The zero-order chi connectivity index (χ0) is 16.7. The Kier molecular flexibility index (Phi) is 6.78. The van der Waals surface area contributed by atoms with E-state index in [1.165, 1.54) is 7.11 Å². The van der Waals surface area contributed by atoms with E-state index in [4.69, 9.17) is 11.6 Å². The summed E-state index contributed by atoms with van der Waals surface area (Å²) in [5.41, 5.74) is 0.528. The zero-order valence-corrected chi connectivity index (χ0v) is 12.9. The van der Waals surface area contributed by atoms with E-state index in [1.807, 2.05) is 0 Å². The van der Waals surface area contributed by atoms with E-state index in [9.17, 15) is 19.7 Å². The number of hydrogen-bond donors (Lipinski definition) is 0. The highest BCUT2D eigenvalue weighted by Crippen LogP contribution is 2.30. The molecule has 8 heteroatoms. The topological polar surface area (TPSA) is 95.7 Å². The summed E-state index contributed by atoms with van der Waals surface area (Å²) < 4.78 is 9.22. The minimum absolute atomic E-state index is 0.301. The molecule has 0 aliphatic carbocycles. The van der Waals surface area contributed by atoms with E-state index in [0.29, 0.717) is 10.6 Å². The van der Waals surface area contributed by atoms with Crippen LogP contribution in [0.5, 0.6) is 0 Å². The van der Waals surface area contributed by atoms with E-state index in [2.05, 4.69) is 9.47 Å². The Balaban J connectivity index is 3.18. The first-order valence-corrected chi connectivity index (χ1v) is 6.78. The molecule has 0 bridgehead atoms. The molecule has 120 valence electrons. The van der Waals surface area contributed by atoms with Gasteiger partial charge >= 0.3 is 11.9 Å².